The molecule has 96 heavy (non-hydrogen) atoms. The van der Waals surface area contributed by atoms with Crippen LogP contribution in [0.2, 0.25) is 10.6 Å². The van der Waals surface area contributed by atoms with Gasteiger partial charge in [-0.3, -0.25) is 28.1 Å². The van der Waals surface area contributed by atoms with Gasteiger partial charge in [0.2, 0.25) is 16.5 Å². The first kappa shape index (κ1) is 70.6. The summed E-state index contributed by atoms with van der Waals surface area (Å²) >= 11 is 11.5. The summed E-state index contributed by atoms with van der Waals surface area (Å²) in [5, 5.41) is 87.3. The molecular formula is C56H71Cl2F2N21O15. The van der Waals surface area contributed by atoms with E-state index in [9.17, 15) is 68.8 Å². The van der Waals surface area contributed by atoms with Crippen LogP contribution in [0, 0.1) is 0 Å². The third kappa shape index (κ3) is 13.9. The number of aliphatic hydroxyl groups is 8. The molecule has 0 bridgehead atoms. The maximum atomic E-state index is 14.2. The van der Waals surface area contributed by atoms with Gasteiger partial charge in [0.05, 0.1) is 67.9 Å². The zero-order valence-corrected chi connectivity index (χ0v) is 53.3. The predicted molar refractivity (Wildman–Crippen MR) is 337 cm³/mol. The number of hydrogen-bond acceptors (Lipinski definition) is 28. The number of nitrogens with two attached hydrogens (primary N) is 2. The van der Waals surface area contributed by atoms with Crippen LogP contribution < -0.4 is 44.2 Å². The molecule has 5 saturated heterocycles. The highest BCUT2D eigenvalue weighted by Gasteiger charge is 2.47. The number of carbonyl (C=O) groups is 1. The van der Waals surface area contributed by atoms with Crippen LogP contribution in [0.3, 0.4) is 0 Å². The number of amides is 1. The Hall–Kier alpha value is -8.19. The molecule has 0 saturated carbocycles. The van der Waals surface area contributed by atoms with E-state index < -0.39 is 116 Å². The number of aromatic nitrogens is 16. The molecule has 20 atom stereocenters. The molecule has 14 heterocycles. The predicted octanol–water partition coefficient (Wildman–Crippen LogP) is -0.621. The first-order chi connectivity index (χ1) is 45.7. The number of imidazole rings is 2. The number of nitrogens with one attached hydrogen (secondary N) is 7. The zero-order valence-electron chi connectivity index (χ0n) is 51.8. The quantitative estimate of drug-likeness (QED) is 0.0801. The fourth-order valence-electron chi connectivity index (χ4n) is 11.6. The van der Waals surface area contributed by atoms with E-state index in [0.29, 0.717) is 57.1 Å². The van der Waals surface area contributed by atoms with E-state index >= 15 is 0 Å². The van der Waals surface area contributed by atoms with E-state index in [2.05, 4.69) is 80.7 Å². The summed E-state index contributed by atoms with van der Waals surface area (Å²) in [5.74, 6) is 0.102. The molecule has 0 unspecified atom stereocenters. The lowest BCUT2D eigenvalue weighted by Gasteiger charge is -2.17. The molecular weight excluding hydrogens is 1320 g/mol. The number of ether oxygens (including phenoxy) is 3. The molecule has 19 N–H and O–H groups in total. The maximum absolute atomic E-state index is 14.2. The van der Waals surface area contributed by atoms with Crippen LogP contribution in [0.25, 0.3) is 44.4 Å². The number of halogens is 4. The Morgan fingerprint density at radius 2 is 1.08 bits per heavy atom. The van der Waals surface area contributed by atoms with Gasteiger partial charge in [-0.2, -0.15) is 24.9 Å². The van der Waals surface area contributed by atoms with E-state index in [1.165, 1.54) is 46.7 Å². The van der Waals surface area contributed by atoms with Gasteiger partial charge in [0, 0.05) is 48.2 Å². The fraction of sp³-hybridized carbons (Fsp3) is 0.518. The van der Waals surface area contributed by atoms with E-state index in [-0.39, 0.29) is 74.8 Å². The van der Waals surface area contributed by atoms with Gasteiger partial charge in [-0.1, -0.05) is 20.8 Å². The number of fused-ring (bicyclic) bond motifs is 4. The minimum atomic E-state index is -1.58. The molecule has 40 heteroatoms. The second-order valence-electron chi connectivity index (χ2n) is 23.0. The van der Waals surface area contributed by atoms with Crippen molar-refractivity contribution in [3.05, 3.63) is 103 Å². The van der Waals surface area contributed by atoms with Crippen molar-refractivity contribution in [1.82, 2.24) is 89.1 Å². The van der Waals surface area contributed by atoms with Gasteiger partial charge in [-0.15, -0.1) is 0 Å². The Morgan fingerprint density at radius 1 is 0.583 bits per heavy atom. The van der Waals surface area contributed by atoms with Crippen molar-refractivity contribution in [1.29, 1.82) is 0 Å². The lowest BCUT2D eigenvalue weighted by atomic mass is 10.0. The number of carbonyl (C=O) groups excluding carboxylic acids is 1. The molecule has 5 aliphatic rings. The van der Waals surface area contributed by atoms with Crippen LogP contribution >= 0.6 is 23.2 Å². The van der Waals surface area contributed by atoms with E-state index in [1.54, 1.807) is 40.1 Å². The van der Waals surface area contributed by atoms with Crippen molar-refractivity contribution in [2.75, 3.05) is 16.8 Å². The lowest BCUT2D eigenvalue weighted by Crippen LogP contribution is -2.35. The number of hydrogen-bond donors (Lipinski definition) is 17. The maximum Gasteiger partial charge on any atom is 0.351 e. The second-order valence-corrected chi connectivity index (χ2v) is 23.7. The van der Waals surface area contributed by atoms with E-state index in [4.69, 9.17) is 48.9 Å². The van der Waals surface area contributed by atoms with Gasteiger partial charge in [0.25, 0.3) is 11.1 Å². The van der Waals surface area contributed by atoms with Gasteiger partial charge >= 0.3 is 5.69 Å². The topological polar surface area (TPSA) is 540 Å². The highest BCUT2D eigenvalue weighted by atomic mass is 35.5. The molecule has 36 nitrogen and oxygen atoms in total. The van der Waals surface area contributed by atoms with Crippen molar-refractivity contribution in [2.24, 2.45) is 0 Å². The molecule has 0 spiro atoms. The summed E-state index contributed by atoms with van der Waals surface area (Å²) in [6.07, 6.45) is -4.58. The molecule has 0 radical (unpaired) electrons. The van der Waals surface area contributed by atoms with Gasteiger partial charge in [0.15, 0.2) is 54.0 Å². The number of alkyl halides is 2. The smallest absolute Gasteiger partial charge is 0.351 e. The molecule has 9 aromatic rings. The van der Waals surface area contributed by atoms with E-state index in [0.717, 1.165) is 4.57 Å². The highest BCUT2D eigenvalue weighted by molar-refractivity contribution is 6.29. The molecule has 0 aromatic carbocycles. The van der Waals surface area contributed by atoms with Crippen molar-refractivity contribution in [3.8, 4) is 0 Å². The monoisotopic (exact) mass is 1390 g/mol. The highest BCUT2D eigenvalue weighted by Crippen LogP contribution is 2.38. The summed E-state index contributed by atoms with van der Waals surface area (Å²) in [6.45, 7) is 10.4. The summed E-state index contributed by atoms with van der Waals surface area (Å²) in [7, 11) is 0. The number of nitrogen functional groups attached to an aromatic ring is 2. The molecule has 5 aliphatic heterocycles. The van der Waals surface area contributed by atoms with Crippen LogP contribution in [-0.4, -0.2) is 217 Å². The normalized spacial score (nSPS) is 30.8. The van der Waals surface area contributed by atoms with Crippen molar-refractivity contribution in [3.63, 3.8) is 0 Å². The van der Waals surface area contributed by atoms with Gasteiger partial charge < -0.3 is 102 Å². The van der Waals surface area contributed by atoms with Crippen LogP contribution in [0.4, 0.5) is 26.2 Å². The lowest BCUT2D eigenvalue weighted by molar-refractivity contribution is -0.115. The SMILES string of the molecule is CCC(=O)Nc1ccn([C@@H]2O[C@H](C)[C@@H](O)[C@@H]2O)c(=O)n1.CC[C@H]1N[C@@H](c2c[nH]c3c(=O)[nH]cnc23)[C@H](O)[C@@H]1O.CC[C@H]1O[C@@H](n2cnc3c(N)nc(Cl)nc32)[C@@H](F)[C@@H]1O.C[C@H]1N[C@@H](c2c[nH]c3c(=O)[nH]cnc23)[C@H](O)[C@@H]1O.C[C@H]1O[C@@H](n2cnc3c(N)nc(Cl)nc32)[C@@H](F)[C@@H]1O. The molecule has 14 rings (SSSR count). The molecule has 5 fully saturated rings. The number of H-pyrrole nitrogens is 4. The Bertz CT molecular complexity index is 4410. The van der Waals surface area contributed by atoms with Crippen molar-refractivity contribution >= 4 is 91.0 Å². The largest absolute Gasteiger partial charge is 0.389 e. The Labute approximate surface area is 549 Å². The molecule has 9 aromatic heterocycles. The second kappa shape index (κ2) is 29.3. The summed E-state index contributed by atoms with van der Waals surface area (Å²) in [5.41, 5.74) is 14.5. The van der Waals surface area contributed by atoms with Crippen molar-refractivity contribution in [2.45, 2.75) is 183 Å². The number of aromatic amines is 4. The van der Waals surface area contributed by atoms with Crippen LogP contribution in [0.15, 0.2) is 64.3 Å². The third-order valence-electron chi connectivity index (χ3n) is 16.9. The Morgan fingerprint density at radius 3 is 1.52 bits per heavy atom. The third-order valence-corrected chi connectivity index (χ3v) is 17.3. The minimum Gasteiger partial charge on any atom is -0.389 e. The number of anilines is 3. The standard InChI is InChI=1S/C12H16N4O3.C12H17N3O5.C11H13ClFN5O2.C11H14N4O3.C10H11ClFN5O2/c1-2-6-10(17)11(18)8(16-6)5-3-13-9-7(5)14-4-15-12(9)19;1-3-8(16)13-7-4-5-15(12(19)14-7)11-10(18)9(17)6(2)20-11;1-2-4-7(19)5(13)10(20-4)18-3-15-6-8(14)16-11(12)17-9(6)18;1-4-9(16)10(17)7(15-4)5-2-12-8-6(5)13-3-14-11(8)18;1-3-6(18)4(12)9(19-3)17-2-14-5-7(13)15-10(11)16-8(5)17/h3-4,6,8,10-11,13,16-18H,2H2,1H3,(H,14,15,19);4-6,9-11,17-18H,3H2,1-2H3,(H,13,14,16,19);3-5,7,10,19H,2H2,1H3,(H2,14,16,17);2-4,7,9-10,12,15-17H,1H3,(H,13,14,18);2-4,6,9,18H,1H3,(H2,13,15,16)/t6-,8+,10-,11+;6-,9-,10+,11-;4-,5+,7-,10-;4-,7+,9-,10+;3-,4+,6-,9-/m11111/s1. The Balaban J connectivity index is 0.000000131. The van der Waals surface area contributed by atoms with Crippen molar-refractivity contribution < 1.29 is 68.6 Å². The Kier molecular flexibility index (Phi) is 21.5. The van der Waals surface area contributed by atoms with Gasteiger partial charge in [-0.25, -0.2) is 33.5 Å². The number of nitrogens with zero attached hydrogens (tertiary/aromatic N) is 12. The van der Waals surface area contributed by atoms with E-state index in [1.807, 2.05) is 13.8 Å². The van der Waals surface area contributed by atoms with Gasteiger partial charge in [-0.05, 0) is 62.9 Å². The molecule has 0 aliphatic carbocycles. The average molecular weight is 1390 g/mol. The average Bonchev–Trinajstić information content (AvgIpc) is 1.63. The summed E-state index contributed by atoms with van der Waals surface area (Å²) < 4.78 is 48.2. The first-order valence-corrected chi connectivity index (χ1v) is 30.9. The number of aliphatic hydroxyl groups excluding tert-OH is 8. The number of rotatable bonds is 9. The first-order valence-electron chi connectivity index (χ1n) is 30.2. The van der Waals surface area contributed by atoms with Gasteiger partial charge in [0.1, 0.15) is 75.5 Å². The van der Waals surface area contributed by atoms with Crippen LogP contribution in [-0.2, 0) is 19.0 Å². The zero-order chi connectivity index (χ0) is 69.5. The molecule has 518 valence electrons. The minimum absolute atomic E-state index is 0.0576. The molecule has 1 amide bonds. The van der Waals surface area contributed by atoms with Crippen LogP contribution in [0.1, 0.15) is 103 Å². The summed E-state index contributed by atoms with van der Waals surface area (Å²) in [6, 6.07) is 0.199. The van der Waals surface area contributed by atoms with Crippen LogP contribution in [0.5, 0.6) is 0 Å². The summed E-state index contributed by atoms with van der Waals surface area (Å²) in [4.78, 5) is 92.4. The fourth-order valence-corrected chi connectivity index (χ4v) is 11.9.